The molecule has 0 atom stereocenters. The Morgan fingerprint density at radius 3 is 2.59 bits per heavy atom. The van der Waals surface area contributed by atoms with Crippen molar-refractivity contribution in [3.8, 4) is 0 Å². The molecule has 2 aromatic rings. The van der Waals surface area contributed by atoms with Gasteiger partial charge in [0.05, 0.1) is 28.9 Å². The van der Waals surface area contributed by atoms with E-state index in [0.29, 0.717) is 10.6 Å². The normalized spacial score (nSPS) is 13.7. The molecular weight excluding hydrogens is 386 g/mol. The first-order valence-corrected chi connectivity index (χ1v) is 11.2. The zero-order valence-electron chi connectivity index (χ0n) is 15.2. The summed E-state index contributed by atoms with van der Waals surface area (Å²) in [5.74, 6) is -1.14. The van der Waals surface area contributed by atoms with Gasteiger partial charge in [-0.25, -0.2) is 13.2 Å². The minimum absolute atomic E-state index is 0.00839. The van der Waals surface area contributed by atoms with E-state index in [1.165, 1.54) is 37.5 Å². The highest BCUT2D eigenvalue weighted by molar-refractivity contribution is 7.91. The lowest BCUT2D eigenvalue weighted by Crippen LogP contribution is -2.18. The second kappa shape index (κ2) is 7.82. The van der Waals surface area contributed by atoms with Crippen LogP contribution in [0.1, 0.15) is 50.9 Å². The first kappa shape index (κ1) is 19.6. The fourth-order valence-electron chi connectivity index (χ4n) is 3.22. The highest BCUT2D eigenvalue weighted by Crippen LogP contribution is 2.38. The minimum atomic E-state index is -3.55. The number of thiophene rings is 1. The SMILES string of the molecule is CCS(=O)(=O)c1ccccc1C(=O)Nc1sc2c(c1C(=O)OC)CCCC2. The number of sulfone groups is 1. The van der Waals surface area contributed by atoms with Crippen LogP contribution in [0, 0.1) is 0 Å². The molecule has 0 bridgehead atoms. The predicted octanol–water partition coefficient (Wildman–Crippen LogP) is 3.46. The zero-order valence-corrected chi connectivity index (χ0v) is 16.8. The summed E-state index contributed by atoms with van der Waals surface area (Å²) < 4.78 is 29.5. The summed E-state index contributed by atoms with van der Waals surface area (Å²) in [7, 11) is -2.24. The molecule has 1 N–H and O–H groups in total. The van der Waals surface area contributed by atoms with E-state index in [4.69, 9.17) is 4.74 Å². The third-order valence-corrected chi connectivity index (χ3v) is 7.63. The molecule has 1 aliphatic carbocycles. The van der Waals surface area contributed by atoms with E-state index in [0.717, 1.165) is 36.1 Å². The minimum Gasteiger partial charge on any atom is -0.465 e. The first-order chi connectivity index (χ1) is 12.9. The third-order valence-electron chi connectivity index (χ3n) is 4.63. The Bertz CT molecular complexity index is 992. The molecule has 1 amide bonds. The molecule has 0 spiro atoms. The van der Waals surface area contributed by atoms with Crippen LogP contribution in [0.4, 0.5) is 5.00 Å². The fourth-order valence-corrected chi connectivity index (χ4v) is 5.59. The number of hydrogen-bond donors (Lipinski definition) is 1. The van der Waals surface area contributed by atoms with Crippen LogP contribution >= 0.6 is 11.3 Å². The average Bonchev–Trinajstić information content (AvgIpc) is 3.05. The van der Waals surface area contributed by atoms with Crippen molar-refractivity contribution in [2.45, 2.75) is 37.5 Å². The molecule has 0 radical (unpaired) electrons. The van der Waals surface area contributed by atoms with E-state index < -0.39 is 21.7 Å². The van der Waals surface area contributed by atoms with Gasteiger partial charge in [-0.05, 0) is 43.4 Å². The van der Waals surface area contributed by atoms with E-state index >= 15 is 0 Å². The van der Waals surface area contributed by atoms with Gasteiger partial charge >= 0.3 is 5.97 Å². The number of ether oxygens (including phenoxy) is 1. The fraction of sp³-hybridized carbons (Fsp3) is 0.368. The molecule has 6 nitrogen and oxygen atoms in total. The Morgan fingerprint density at radius 1 is 1.19 bits per heavy atom. The summed E-state index contributed by atoms with van der Waals surface area (Å²) in [6, 6.07) is 6.10. The maximum Gasteiger partial charge on any atom is 0.341 e. The topological polar surface area (TPSA) is 89.5 Å². The summed E-state index contributed by atoms with van der Waals surface area (Å²) in [5.41, 5.74) is 1.39. The maximum absolute atomic E-state index is 12.9. The monoisotopic (exact) mass is 407 g/mol. The van der Waals surface area contributed by atoms with Gasteiger partial charge in [-0.1, -0.05) is 19.1 Å². The summed E-state index contributed by atoms with van der Waals surface area (Å²) in [4.78, 5) is 26.2. The number of carbonyl (C=O) groups excluding carboxylic acids is 2. The first-order valence-electron chi connectivity index (χ1n) is 8.75. The number of carbonyl (C=O) groups is 2. The van der Waals surface area contributed by atoms with E-state index in [-0.39, 0.29) is 16.2 Å². The maximum atomic E-state index is 12.9. The van der Waals surface area contributed by atoms with Gasteiger partial charge in [0.2, 0.25) is 0 Å². The lowest BCUT2D eigenvalue weighted by atomic mass is 9.95. The lowest BCUT2D eigenvalue weighted by molar-refractivity contribution is 0.0601. The molecule has 3 rings (SSSR count). The van der Waals surface area contributed by atoms with Crippen LogP contribution in [0.5, 0.6) is 0 Å². The van der Waals surface area contributed by atoms with Crippen LogP contribution in [0.2, 0.25) is 0 Å². The van der Waals surface area contributed by atoms with Crippen molar-refractivity contribution in [3.63, 3.8) is 0 Å². The molecule has 1 aromatic heterocycles. The number of hydrogen-bond acceptors (Lipinski definition) is 6. The van der Waals surface area contributed by atoms with Crippen molar-refractivity contribution < 1.29 is 22.7 Å². The third kappa shape index (κ3) is 3.77. The molecule has 27 heavy (non-hydrogen) atoms. The van der Waals surface area contributed by atoms with Crippen molar-refractivity contribution >= 4 is 38.1 Å². The molecule has 0 fully saturated rings. The van der Waals surface area contributed by atoms with Crippen LogP contribution in [0.15, 0.2) is 29.2 Å². The Kier molecular flexibility index (Phi) is 5.67. The Hall–Kier alpha value is -2.19. The summed E-state index contributed by atoms with van der Waals surface area (Å²) in [5, 5.41) is 3.17. The van der Waals surface area contributed by atoms with Crippen molar-refractivity contribution in [2.24, 2.45) is 0 Å². The second-order valence-corrected chi connectivity index (χ2v) is 9.61. The van der Waals surface area contributed by atoms with E-state index in [9.17, 15) is 18.0 Å². The van der Waals surface area contributed by atoms with E-state index in [1.54, 1.807) is 12.1 Å². The van der Waals surface area contributed by atoms with Gasteiger partial charge in [-0.2, -0.15) is 0 Å². The summed E-state index contributed by atoms with van der Waals surface area (Å²) in [6.07, 6.45) is 3.66. The largest absolute Gasteiger partial charge is 0.465 e. The van der Waals surface area contributed by atoms with Gasteiger partial charge < -0.3 is 10.1 Å². The van der Waals surface area contributed by atoms with Gasteiger partial charge in [-0.15, -0.1) is 11.3 Å². The number of methoxy groups -OCH3 is 1. The van der Waals surface area contributed by atoms with Crippen LogP contribution in [0.25, 0.3) is 0 Å². The average molecular weight is 408 g/mol. The van der Waals surface area contributed by atoms with Crippen LogP contribution < -0.4 is 5.32 Å². The van der Waals surface area contributed by atoms with E-state index in [2.05, 4.69) is 5.32 Å². The molecule has 8 heteroatoms. The zero-order chi connectivity index (χ0) is 19.6. The van der Waals surface area contributed by atoms with Gasteiger partial charge in [0.25, 0.3) is 5.91 Å². The quantitative estimate of drug-likeness (QED) is 0.767. The van der Waals surface area contributed by atoms with Gasteiger partial charge in [-0.3, -0.25) is 4.79 Å². The summed E-state index contributed by atoms with van der Waals surface area (Å²) in [6.45, 7) is 1.53. The van der Waals surface area contributed by atoms with Gasteiger partial charge in [0.15, 0.2) is 9.84 Å². The van der Waals surface area contributed by atoms with E-state index in [1.807, 2.05) is 0 Å². The number of anilines is 1. The van der Waals surface area contributed by atoms with Crippen LogP contribution in [-0.4, -0.2) is 33.2 Å². The van der Waals surface area contributed by atoms with Crippen molar-refractivity contribution in [1.82, 2.24) is 0 Å². The second-order valence-electron chi connectivity index (χ2n) is 6.26. The van der Waals surface area contributed by atoms with Crippen LogP contribution in [0.3, 0.4) is 0 Å². The highest BCUT2D eigenvalue weighted by Gasteiger charge is 2.28. The van der Waals surface area contributed by atoms with Crippen molar-refractivity contribution in [3.05, 3.63) is 45.8 Å². The molecule has 0 saturated carbocycles. The number of esters is 1. The number of aryl methyl sites for hydroxylation is 1. The van der Waals surface area contributed by atoms with Gasteiger partial charge in [0.1, 0.15) is 5.00 Å². The number of rotatable bonds is 5. The molecule has 1 heterocycles. The van der Waals surface area contributed by atoms with Crippen molar-refractivity contribution in [2.75, 3.05) is 18.2 Å². The number of benzene rings is 1. The molecule has 1 aliphatic rings. The predicted molar refractivity (Wildman–Crippen MR) is 104 cm³/mol. The molecule has 1 aromatic carbocycles. The molecule has 0 saturated heterocycles. The lowest BCUT2D eigenvalue weighted by Gasteiger charge is -2.12. The Balaban J connectivity index is 2.01. The van der Waals surface area contributed by atoms with Crippen LogP contribution in [-0.2, 0) is 27.4 Å². The molecule has 0 aliphatic heterocycles. The number of fused-ring (bicyclic) bond motifs is 1. The Morgan fingerprint density at radius 2 is 1.89 bits per heavy atom. The standard InChI is InChI=1S/C19H21NO5S2/c1-3-27(23,24)15-11-7-5-9-13(15)17(21)20-18-16(19(22)25-2)12-8-4-6-10-14(12)26-18/h5,7,9,11H,3-4,6,8,10H2,1-2H3,(H,20,21). The smallest absolute Gasteiger partial charge is 0.341 e. The summed E-state index contributed by atoms with van der Waals surface area (Å²) >= 11 is 1.37. The molecule has 144 valence electrons. The Labute approximate surface area is 162 Å². The highest BCUT2D eigenvalue weighted by atomic mass is 32.2. The van der Waals surface area contributed by atoms with Gasteiger partial charge in [0, 0.05) is 4.88 Å². The number of nitrogens with one attached hydrogen (secondary N) is 1. The molecule has 0 unspecified atom stereocenters. The van der Waals surface area contributed by atoms with Crippen molar-refractivity contribution in [1.29, 1.82) is 0 Å². The molecular formula is C19H21NO5S2. The number of amides is 1.